The van der Waals surface area contributed by atoms with Crippen molar-refractivity contribution in [3.05, 3.63) is 28.8 Å². The van der Waals surface area contributed by atoms with E-state index < -0.39 is 0 Å². The standard InChI is InChI=1S/C12H13ClN2O2/c1-17-11-5-4-9(7-10(11)13)3-2-6-15-12(16)8-14/h4-5,7H,6,8,14H2,1H3,(H,15,16). The summed E-state index contributed by atoms with van der Waals surface area (Å²) in [6, 6.07) is 5.24. The number of hydrogen-bond donors (Lipinski definition) is 2. The first kappa shape index (κ1) is 13.4. The van der Waals surface area contributed by atoms with Gasteiger partial charge in [-0.1, -0.05) is 23.4 Å². The molecule has 1 aromatic carbocycles. The second-order valence-corrected chi connectivity index (χ2v) is 3.54. The summed E-state index contributed by atoms with van der Waals surface area (Å²) >= 11 is 5.94. The molecule has 0 bridgehead atoms. The highest BCUT2D eigenvalue weighted by Gasteiger charge is 1.99. The summed E-state index contributed by atoms with van der Waals surface area (Å²) in [6.07, 6.45) is 0. The molecule has 0 atom stereocenters. The maximum absolute atomic E-state index is 10.8. The molecule has 0 aliphatic rings. The molecule has 0 aromatic heterocycles. The number of nitrogens with one attached hydrogen (secondary N) is 1. The molecule has 5 heteroatoms. The monoisotopic (exact) mass is 252 g/mol. The van der Waals surface area contributed by atoms with Gasteiger partial charge in [0.05, 0.1) is 25.2 Å². The number of ether oxygens (including phenoxy) is 1. The van der Waals surface area contributed by atoms with Crippen LogP contribution >= 0.6 is 11.6 Å². The fourth-order valence-corrected chi connectivity index (χ4v) is 1.36. The van der Waals surface area contributed by atoms with E-state index in [0.29, 0.717) is 10.8 Å². The molecule has 4 nitrogen and oxygen atoms in total. The summed E-state index contributed by atoms with van der Waals surface area (Å²) in [5, 5.41) is 3.05. The van der Waals surface area contributed by atoms with Crippen LogP contribution in [0.4, 0.5) is 0 Å². The number of benzene rings is 1. The van der Waals surface area contributed by atoms with Gasteiger partial charge in [0.2, 0.25) is 5.91 Å². The topological polar surface area (TPSA) is 64.3 Å². The predicted molar refractivity (Wildman–Crippen MR) is 66.9 cm³/mol. The third-order valence-corrected chi connectivity index (χ3v) is 2.24. The maximum Gasteiger partial charge on any atom is 0.234 e. The van der Waals surface area contributed by atoms with Crippen LogP contribution in [0.25, 0.3) is 0 Å². The van der Waals surface area contributed by atoms with Crippen molar-refractivity contribution in [1.29, 1.82) is 0 Å². The SMILES string of the molecule is COc1ccc(C#CCNC(=O)CN)cc1Cl. The van der Waals surface area contributed by atoms with Gasteiger partial charge in [-0.2, -0.15) is 0 Å². The van der Waals surface area contributed by atoms with Gasteiger partial charge in [-0.3, -0.25) is 4.79 Å². The average Bonchev–Trinajstić information content (AvgIpc) is 2.34. The number of halogens is 1. The third kappa shape index (κ3) is 4.35. The summed E-state index contributed by atoms with van der Waals surface area (Å²) in [5.74, 6) is 6.04. The molecule has 0 saturated heterocycles. The Morgan fingerprint density at radius 3 is 2.94 bits per heavy atom. The van der Waals surface area contributed by atoms with Gasteiger partial charge in [-0.25, -0.2) is 0 Å². The van der Waals surface area contributed by atoms with Crippen LogP contribution in [0.15, 0.2) is 18.2 Å². The smallest absolute Gasteiger partial charge is 0.234 e. The van der Waals surface area contributed by atoms with Crippen molar-refractivity contribution in [1.82, 2.24) is 5.32 Å². The van der Waals surface area contributed by atoms with Crippen LogP contribution in [-0.4, -0.2) is 26.1 Å². The number of rotatable bonds is 3. The minimum absolute atomic E-state index is 0.0317. The van der Waals surface area contributed by atoms with Gasteiger partial charge >= 0.3 is 0 Å². The first-order valence-electron chi connectivity index (χ1n) is 4.96. The van der Waals surface area contributed by atoms with Gasteiger partial charge in [0.15, 0.2) is 0 Å². The zero-order valence-electron chi connectivity index (χ0n) is 9.42. The van der Waals surface area contributed by atoms with E-state index in [0.717, 1.165) is 5.56 Å². The van der Waals surface area contributed by atoms with Crippen molar-refractivity contribution < 1.29 is 9.53 Å². The van der Waals surface area contributed by atoms with E-state index in [4.69, 9.17) is 22.1 Å². The van der Waals surface area contributed by atoms with Gasteiger partial charge in [-0.15, -0.1) is 0 Å². The van der Waals surface area contributed by atoms with Crippen LogP contribution in [0.2, 0.25) is 5.02 Å². The molecule has 0 fully saturated rings. The molecule has 3 N–H and O–H groups in total. The minimum Gasteiger partial charge on any atom is -0.495 e. The van der Waals surface area contributed by atoms with E-state index in [2.05, 4.69) is 17.2 Å². The van der Waals surface area contributed by atoms with Crippen LogP contribution in [0, 0.1) is 11.8 Å². The number of carbonyl (C=O) groups is 1. The van der Waals surface area contributed by atoms with Gasteiger partial charge in [0.25, 0.3) is 0 Å². The van der Waals surface area contributed by atoms with Crippen molar-refractivity contribution in [2.45, 2.75) is 0 Å². The molecule has 0 aliphatic carbocycles. The molecule has 0 spiro atoms. The molecule has 0 radical (unpaired) electrons. The normalized spacial score (nSPS) is 9.12. The quantitative estimate of drug-likeness (QED) is 0.782. The molecule has 0 saturated carbocycles. The van der Waals surface area contributed by atoms with Crippen molar-refractivity contribution in [2.75, 3.05) is 20.2 Å². The summed E-state index contributed by atoms with van der Waals surface area (Å²) in [5.41, 5.74) is 5.89. The van der Waals surface area contributed by atoms with Crippen molar-refractivity contribution in [2.24, 2.45) is 5.73 Å². The van der Waals surface area contributed by atoms with Crippen LogP contribution < -0.4 is 15.8 Å². The Bertz CT molecular complexity index is 463. The van der Waals surface area contributed by atoms with Gasteiger partial charge in [0, 0.05) is 5.56 Å². The molecule has 1 amide bonds. The lowest BCUT2D eigenvalue weighted by atomic mass is 10.2. The maximum atomic E-state index is 10.8. The summed E-state index contributed by atoms with van der Waals surface area (Å²) < 4.78 is 5.02. The highest BCUT2D eigenvalue weighted by molar-refractivity contribution is 6.32. The second-order valence-electron chi connectivity index (χ2n) is 3.13. The van der Waals surface area contributed by atoms with Gasteiger partial charge < -0.3 is 15.8 Å². The average molecular weight is 253 g/mol. The molecule has 0 aliphatic heterocycles. The first-order chi connectivity index (χ1) is 8.17. The number of methoxy groups -OCH3 is 1. The highest BCUT2D eigenvalue weighted by Crippen LogP contribution is 2.24. The lowest BCUT2D eigenvalue weighted by Gasteiger charge is -2.01. The largest absolute Gasteiger partial charge is 0.495 e. The van der Waals surface area contributed by atoms with Crippen LogP contribution in [-0.2, 0) is 4.79 Å². The fourth-order valence-electron chi connectivity index (χ4n) is 1.11. The van der Waals surface area contributed by atoms with Crippen molar-refractivity contribution in [3.8, 4) is 17.6 Å². The molecule has 90 valence electrons. The molecule has 1 rings (SSSR count). The molecular formula is C12H13ClN2O2. The first-order valence-corrected chi connectivity index (χ1v) is 5.34. The summed E-state index contributed by atoms with van der Waals surface area (Å²) in [7, 11) is 1.55. The highest BCUT2D eigenvalue weighted by atomic mass is 35.5. The van der Waals surface area contributed by atoms with E-state index in [1.165, 1.54) is 0 Å². The Hall–Kier alpha value is -1.70. The van der Waals surface area contributed by atoms with E-state index in [-0.39, 0.29) is 19.0 Å². The third-order valence-electron chi connectivity index (χ3n) is 1.94. The fraction of sp³-hybridized carbons (Fsp3) is 0.250. The van der Waals surface area contributed by atoms with Gasteiger partial charge in [-0.05, 0) is 18.2 Å². The Morgan fingerprint density at radius 2 is 2.35 bits per heavy atom. The predicted octanol–water partition coefficient (Wildman–Crippen LogP) is 0.775. The lowest BCUT2D eigenvalue weighted by molar-refractivity contribution is -0.119. The van der Waals surface area contributed by atoms with Crippen molar-refractivity contribution >= 4 is 17.5 Å². The number of nitrogens with two attached hydrogens (primary N) is 1. The Kier molecular flexibility index (Phi) is 5.34. The van der Waals surface area contributed by atoms with Crippen LogP contribution in [0.5, 0.6) is 5.75 Å². The van der Waals surface area contributed by atoms with E-state index in [1.807, 2.05) is 0 Å². The van der Waals surface area contributed by atoms with E-state index in [9.17, 15) is 4.79 Å². The second kappa shape index (κ2) is 6.79. The Labute approximate surface area is 105 Å². The van der Waals surface area contributed by atoms with Crippen molar-refractivity contribution in [3.63, 3.8) is 0 Å². The summed E-state index contributed by atoms with van der Waals surface area (Å²) in [6.45, 7) is 0.232. The molecule has 0 unspecified atom stereocenters. The zero-order chi connectivity index (χ0) is 12.7. The van der Waals surface area contributed by atoms with Crippen LogP contribution in [0.3, 0.4) is 0 Å². The minimum atomic E-state index is -0.230. The lowest BCUT2D eigenvalue weighted by Crippen LogP contribution is -2.30. The zero-order valence-corrected chi connectivity index (χ0v) is 10.2. The summed E-state index contributed by atoms with van der Waals surface area (Å²) in [4.78, 5) is 10.8. The van der Waals surface area contributed by atoms with E-state index >= 15 is 0 Å². The number of amides is 1. The van der Waals surface area contributed by atoms with E-state index in [1.54, 1.807) is 25.3 Å². The molecule has 17 heavy (non-hydrogen) atoms. The Balaban J connectivity index is 2.60. The molecule has 0 heterocycles. The Morgan fingerprint density at radius 1 is 1.59 bits per heavy atom. The molecular weight excluding hydrogens is 240 g/mol. The number of carbonyl (C=O) groups excluding carboxylic acids is 1. The number of hydrogen-bond acceptors (Lipinski definition) is 3. The van der Waals surface area contributed by atoms with Crippen LogP contribution in [0.1, 0.15) is 5.56 Å². The van der Waals surface area contributed by atoms with Gasteiger partial charge in [0.1, 0.15) is 5.75 Å². The molecule has 1 aromatic rings.